The average molecular weight is 319 g/mol. The fourth-order valence-electron chi connectivity index (χ4n) is 2.70. The Morgan fingerprint density at radius 3 is 2.43 bits per heavy atom. The summed E-state index contributed by atoms with van der Waals surface area (Å²) < 4.78 is 5.42. The van der Waals surface area contributed by atoms with E-state index in [1.54, 1.807) is 6.07 Å². The molecule has 1 N–H and O–H groups in total. The first-order valence-electron chi connectivity index (χ1n) is 9.31. The van der Waals surface area contributed by atoms with Crippen LogP contribution < -0.4 is 4.74 Å². The molecule has 0 fully saturated rings. The van der Waals surface area contributed by atoms with Gasteiger partial charge in [0, 0.05) is 0 Å². The van der Waals surface area contributed by atoms with Crippen LogP contribution in [0.2, 0.25) is 0 Å². The number of allylic oxidation sites excluding steroid dienone is 1. The Kier molecular flexibility index (Phi) is 10.3. The van der Waals surface area contributed by atoms with Crippen LogP contribution in [-0.2, 0) is 0 Å². The van der Waals surface area contributed by atoms with Crippen LogP contribution in [0.3, 0.4) is 0 Å². The topological polar surface area (TPSA) is 29.5 Å². The molecule has 0 bridgehead atoms. The molecular formula is C21H34O2. The van der Waals surface area contributed by atoms with Crippen molar-refractivity contribution in [3.63, 3.8) is 0 Å². The number of phenolic OH excluding ortho intramolecular Hbond substituents is 1. The third-order valence-electron chi connectivity index (χ3n) is 4.16. The summed E-state index contributed by atoms with van der Waals surface area (Å²) in [6, 6.07) is 5.52. The van der Waals surface area contributed by atoms with Gasteiger partial charge in [-0.05, 0) is 37.0 Å². The first-order valence-corrected chi connectivity index (χ1v) is 9.31. The van der Waals surface area contributed by atoms with Gasteiger partial charge in [-0.15, -0.1) is 0 Å². The minimum Gasteiger partial charge on any atom is -0.504 e. The normalized spacial score (nSPS) is 12.7. The Bertz CT molecular complexity index is 451. The van der Waals surface area contributed by atoms with E-state index >= 15 is 0 Å². The summed E-state index contributed by atoms with van der Waals surface area (Å²) in [5.74, 6) is 1.37. The highest BCUT2D eigenvalue weighted by molar-refractivity contribution is 5.55. The predicted octanol–water partition coefficient (Wildman–Crippen LogP) is 6.58. The van der Waals surface area contributed by atoms with Crippen LogP contribution in [0.4, 0.5) is 0 Å². The molecule has 0 amide bonds. The molecule has 1 rings (SSSR count). The van der Waals surface area contributed by atoms with Gasteiger partial charge in [0.25, 0.3) is 0 Å². The van der Waals surface area contributed by atoms with Crippen molar-refractivity contribution in [2.45, 2.75) is 72.1 Å². The van der Waals surface area contributed by atoms with Crippen LogP contribution in [0.15, 0.2) is 24.3 Å². The molecule has 0 aliphatic rings. The maximum absolute atomic E-state index is 9.71. The number of benzene rings is 1. The third-order valence-corrected chi connectivity index (χ3v) is 4.16. The molecular weight excluding hydrogens is 284 g/mol. The molecule has 23 heavy (non-hydrogen) atoms. The summed E-state index contributed by atoms with van der Waals surface area (Å²) in [6.07, 6.45) is 15.2. The Balaban J connectivity index is 2.29. The second kappa shape index (κ2) is 12.0. The van der Waals surface area contributed by atoms with Gasteiger partial charge >= 0.3 is 0 Å². The minimum absolute atomic E-state index is 0.208. The van der Waals surface area contributed by atoms with E-state index in [-0.39, 0.29) is 5.75 Å². The molecule has 2 heteroatoms. The molecule has 1 aromatic carbocycles. The van der Waals surface area contributed by atoms with Crippen LogP contribution in [0, 0.1) is 5.92 Å². The molecule has 0 aliphatic carbocycles. The van der Waals surface area contributed by atoms with Gasteiger partial charge in [0.15, 0.2) is 11.5 Å². The van der Waals surface area contributed by atoms with Crippen molar-refractivity contribution in [1.82, 2.24) is 0 Å². The van der Waals surface area contributed by atoms with Gasteiger partial charge in [-0.1, -0.05) is 77.0 Å². The lowest BCUT2D eigenvalue weighted by atomic mass is 10.0. The van der Waals surface area contributed by atoms with Crippen LogP contribution in [0.5, 0.6) is 11.5 Å². The van der Waals surface area contributed by atoms with E-state index in [0.717, 1.165) is 5.56 Å². The lowest BCUT2D eigenvalue weighted by Gasteiger charge is -2.08. The van der Waals surface area contributed by atoms with Gasteiger partial charge in [0.2, 0.25) is 0 Å². The van der Waals surface area contributed by atoms with Gasteiger partial charge in [0.1, 0.15) is 0 Å². The lowest BCUT2D eigenvalue weighted by molar-refractivity contribution is 0.318. The maximum Gasteiger partial charge on any atom is 0.161 e. The number of rotatable bonds is 12. The van der Waals surface area contributed by atoms with Crippen LogP contribution in [0.25, 0.3) is 6.08 Å². The molecule has 1 atom stereocenters. The van der Waals surface area contributed by atoms with Crippen molar-refractivity contribution in [3.8, 4) is 11.5 Å². The third kappa shape index (κ3) is 8.68. The Labute approximate surface area is 142 Å². The molecule has 0 heterocycles. The van der Waals surface area contributed by atoms with E-state index in [1.807, 2.05) is 19.1 Å². The quantitative estimate of drug-likeness (QED) is 0.441. The van der Waals surface area contributed by atoms with Gasteiger partial charge < -0.3 is 9.84 Å². The van der Waals surface area contributed by atoms with E-state index in [2.05, 4.69) is 26.0 Å². The van der Waals surface area contributed by atoms with Gasteiger partial charge in [-0.25, -0.2) is 0 Å². The second-order valence-electron chi connectivity index (χ2n) is 6.41. The zero-order valence-corrected chi connectivity index (χ0v) is 15.2. The standard InChI is InChI=1S/C21H34O2/c1-4-6-7-8-9-10-11-12-18(3)13-14-19-15-16-20(22)21(17-19)23-5-2/h13-18,22H,4-12H2,1-3H3/b14-13+. The fourth-order valence-corrected chi connectivity index (χ4v) is 2.70. The van der Waals surface area contributed by atoms with E-state index in [4.69, 9.17) is 4.74 Å². The van der Waals surface area contributed by atoms with Crippen molar-refractivity contribution >= 4 is 6.08 Å². The first kappa shape index (κ1) is 19.6. The monoisotopic (exact) mass is 318 g/mol. The molecule has 1 unspecified atom stereocenters. The second-order valence-corrected chi connectivity index (χ2v) is 6.41. The number of aromatic hydroxyl groups is 1. The molecule has 2 nitrogen and oxygen atoms in total. The average Bonchev–Trinajstić information content (AvgIpc) is 2.55. The van der Waals surface area contributed by atoms with Crippen molar-refractivity contribution in [1.29, 1.82) is 0 Å². The number of ether oxygens (including phenoxy) is 1. The highest BCUT2D eigenvalue weighted by Gasteiger charge is 2.02. The Morgan fingerprint density at radius 2 is 1.74 bits per heavy atom. The Hall–Kier alpha value is -1.44. The summed E-state index contributed by atoms with van der Waals surface area (Å²) in [7, 11) is 0. The molecule has 0 aliphatic heterocycles. The molecule has 0 spiro atoms. The van der Waals surface area contributed by atoms with E-state index in [9.17, 15) is 5.11 Å². The summed E-state index contributed by atoms with van der Waals surface area (Å²) in [5, 5.41) is 9.71. The number of hydrogen-bond acceptors (Lipinski definition) is 2. The summed E-state index contributed by atoms with van der Waals surface area (Å²) in [4.78, 5) is 0. The van der Waals surface area contributed by atoms with Crippen molar-refractivity contribution < 1.29 is 9.84 Å². The lowest BCUT2D eigenvalue weighted by Crippen LogP contribution is -1.92. The number of hydrogen-bond donors (Lipinski definition) is 1. The van der Waals surface area contributed by atoms with Crippen molar-refractivity contribution in [3.05, 3.63) is 29.8 Å². The summed E-state index contributed by atoms with van der Waals surface area (Å²) >= 11 is 0. The number of unbranched alkanes of at least 4 members (excludes halogenated alkanes) is 6. The molecule has 0 saturated carbocycles. The highest BCUT2D eigenvalue weighted by Crippen LogP contribution is 2.27. The Morgan fingerprint density at radius 1 is 1.04 bits per heavy atom. The first-order chi connectivity index (χ1) is 11.2. The van der Waals surface area contributed by atoms with E-state index in [1.165, 1.54) is 51.4 Å². The smallest absolute Gasteiger partial charge is 0.161 e. The largest absolute Gasteiger partial charge is 0.504 e. The predicted molar refractivity (Wildman–Crippen MR) is 100 cm³/mol. The highest BCUT2D eigenvalue weighted by atomic mass is 16.5. The molecule has 0 radical (unpaired) electrons. The maximum atomic E-state index is 9.71. The molecule has 130 valence electrons. The van der Waals surface area contributed by atoms with E-state index < -0.39 is 0 Å². The van der Waals surface area contributed by atoms with Gasteiger partial charge in [0.05, 0.1) is 6.61 Å². The molecule has 0 saturated heterocycles. The van der Waals surface area contributed by atoms with E-state index in [0.29, 0.717) is 18.3 Å². The number of phenols is 1. The van der Waals surface area contributed by atoms with Gasteiger partial charge in [-0.3, -0.25) is 0 Å². The van der Waals surface area contributed by atoms with Gasteiger partial charge in [-0.2, -0.15) is 0 Å². The molecule has 0 aromatic heterocycles. The van der Waals surface area contributed by atoms with Crippen LogP contribution in [0.1, 0.15) is 77.7 Å². The summed E-state index contributed by atoms with van der Waals surface area (Å²) in [6.45, 7) is 7.03. The zero-order chi connectivity index (χ0) is 16.9. The fraction of sp³-hybridized carbons (Fsp3) is 0.619. The van der Waals surface area contributed by atoms with Crippen molar-refractivity contribution in [2.75, 3.05) is 6.61 Å². The SMILES string of the molecule is CCCCCCCCCC(C)/C=C/c1ccc(O)c(OCC)c1. The van der Waals surface area contributed by atoms with Crippen molar-refractivity contribution in [2.24, 2.45) is 5.92 Å². The summed E-state index contributed by atoms with van der Waals surface area (Å²) in [5.41, 5.74) is 1.08. The molecule has 1 aromatic rings. The van der Waals surface area contributed by atoms with Crippen LogP contribution >= 0.6 is 0 Å². The van der Waals surface area contributed by atoms with Crippen LogP contribution in [-0.4, -0.2) is 11.7 Å². The minimum atomic E-state index is 0.208. The zero-order valence-electron chi connectivity index (χ0n) is 15.2.